The Morgan fingerprint density at radius 2 is 2.12 bits per heavy atom. The number of aliphatic imine (C=N–C) groups is 1. The van der Waals surface area contributed by atoms with Gasteiger partial charge in [-0.3, -0.25) is 9.78 Å². The van der Waals surface area contributed by atoms with Crippen molar-refractivity contribution in [2.24, 2.45) is 4.99 Å². The molecule has 0 bridgehead atoms. The summed E-state index contributed by atoms with van der Waals surface area (Å²) in [6.07, 6.45) is 3.25. The van der Waals surface area contributed by atoms with E-state index in [1.807, 2.05) is 25.1 Å². The van der Waals surface area contributed by atoms with Crippen LogP contribution in [0.3, 0.4) is 0 Å². The van der Waals surface area contributed by atoms with E-state index in [0.29, 0.717) is 24.7 Å². The molecule has 0 spiro atoms. The number of ether oxygens (including phenoxy) is 2. The molecule has 8 nitrogen and oxygen atoms in total. The van der Waals surface area contributed by atoms with Crippen molar-refractivity contribution < 1.29 is 14.3 Å². The number of pyridine rings is 1. The summed E-state index contributed by atoms with van der Waals surface area (Å²) in [6, 6.07) is 9.26. The average Bonchev–Trinajstić information content (AvgIpc) is 3.12. The summed E-state index contributed by atoms with van der Waals surface area (Å²) in [5, 5.41) is 8.89. The van der Waals surface area contributed by atoms with Crippen molar-refractivity contribution in [2.75, 3.05) is 25.2 Å². The molecule has 0 unspecified atom stereocenters. The summed E-state index contributed by atoms with van der Waals surface area (Å²) < 4.78 is 10.7. The van der Waals surface area contributed by atoms with Crippen LogP contribution in [0.4, 0.5) is 5.69 Å². The third kappa shape index (κ3) is 4.85. The Morgan fingerprint density at radius 1 is 1.23 bits per heavy atom. The summed E-state index contributed by atoms with van der Waals surface area (Å²) in [5.74, 6) is 1.86. The number of hydrogen-bond donors (Lipinski definition) is 3. The molecule has 1 aromatic heterocycles. The van der Waals surface area contributed by atoms with Crippen molar-refractivity contribution in [3.05, 3.63) is 48.3 Å². The minimum absolute atomic E-state index is 0.0991. The average molecular weight is 355 g/mol. The van der Waals surface area contributed by atoms with Gasteiger partial charge in [0.05, 0.1) is 25.0 Å². The number of hydrogen-bond acceptors (Lipinski definition) is 5. The molecule has 1 amide bonds. The number of carbonyl (C=O) groups excluding carboxylic acids is 1. The molecule has 8 heteroatoms. The summed E-state index contributed by atoms with van der Waals surface area (Å²) in [7, 11) is 0. The fourth-order valence-electron chi connectivity index (χ4n) is 2.36. The fraction of sp³-hybridized carbons (Fsp3) is 0.278. The predicted octanol–water partition coefficient (Wildman–Crippen LogP) is 1.50. The van der Waals surface area contributed by atoms with Gasteiger partial charge in [0.1, 0.15) is 0 Å². The van der Waals surface area contributed by atoms with Crippen LogP contribution in [-0.2, 0) is 11.3 Å². The van der Waals surface area contributed by atoms with Gasteiger partial charge < -0.3 is 25.4 Å². The maximum atomic E-state index is 12.0. The minimum atomic E-state index is -0.174. The maximum absolute atomic E-state index is 12.0. The highest BCUT2D eigenvalue weighted by atomic mass is 16.7. The Labute approximate surface area is 151 Å². The highest BCUT2D eigenvalue weighted by Gasteiger charge is 2.13. The lowest BCUT2D eigenvalue weighted by atomic mass is 10.2. The van der Waals surface area contributed by atoms with Crippen LogP contribution >= 0.6 is 0 Å². The van der Waals surface area contributed by atoms with E-state index in [1.165, 1.54) is 0 Å². The quantitative estimate of drug-likeness (QED) is 0.537. The fourth-order valence-corrected chi connectivity index (χ4v) is 2.36. The largest absolute Gasteiger partial charge is 0.454 e. The van der Waals surface area contributed by atoms with Gasteiger partial charge in [-0.25, -0.2) is 4.99 Å². The van der Waals surface area contributed by atoms with Gasteiger partial charge in [0.25, 0.3) is 0 Å². The van der Waals surface area contributed by atoms with E-state index >= 15 is 0 Å². The van der Waals surface area contributed by atoms with E-state index in [2.05, 4.69) is 25.9 Å². The first-order valence-corrected chi connectivity index (χ1v) is 8.35. The third-order valence-electron chi connectivity index (χ3n) is 3.56. The maximum Gasteiger partial charge on any atom is 0.243 e. The second-order valence-electron chi connectivity index (χ2n) is 5.53. The standard InChI is InChI=1S/C18H21N5O3/c1-2-20-18(22-11-17(24)23-14-4-3-7-19-10-14)21-9-13-5-6-15-16(8-13)26-12-25-15/h3-8,10H,2,9,11-12H2,1H3,(H,23,24)(H2,20,21,22). The van der Waals surface area contributed by atoms with Gasteiger partial charge >= 0.3 is 0 Å². The molecule has 0 saturated carbocycles. The minimum Gasteiger partial charge on any atom is -0.454 e. The van der Waals surface area contributed by atoms with Crippen molar-refractivity contribution in [2.45, 2.75) is 13.5 Å². The zero-order chi connectivity index (χ0) is 18.2. The van der Waals surface area contributed by atoms with Gasteiger partial charge in [0, 0.05) is 12.7 Å². The normalized spacial score (nSPS) is 12.6. The summed E-state index contributed by atoms with van der Waals surface area (Å²) in [6.45, 7) is 3.46. The lowest BCUT2D eigenvalue weighted by molar-refractivity contribution is -0.115. The molecule has 3 rings (SSSR count). The van der Waals surface area contributed by atoms with Crippen molar-refractivity contribution in [1.29, 1.82) is 0 Å². The third-order valence-corrected chi connectivity index (χ3v) is 3.56. The van der Waals surface area contributed by atoms with Crippen LogP contribution in [-0.4, -0.2) is 36.7 Å². The molecule has 1 aliphatic heterocycles. The monoisotopic (exact) mass is 355 g/mol. The van der Waals surface area contributed by atoms with Gasteiger partial charge in [-0.05, 0) is 36.8 Å². The molecule has 3 N–H and O–H groups in total. The van der Waals surface area contributed by atoms with Gasteiger partial charge in [-0.15, -0.1) is 0 Å². The van der Waals surface area contributed by atoms with Crippen LogP contribution in [0.2, 0.25) is 0 Å². The van der Waals surface area contributed by atoms with Crippen LogP contribution < -0.4 is 25.4 Å². The Balaban J connectivity index is 1.54. The van der Waals surface area contributed by atoms with Crippen LogP contribution in [0.25, 0.3) is 0 Å². The predicted molar refractivity (Wildman–Crippen MR) is 98.3 cm³/mol. The Bertz CT molecular complexity index is 780. The Morgan fingerprint density at radius 3 is 2.92 bits per heavy atom. The number of guanidine groups is 1. The zero-order valence-corrected chi connectivity index (χ0v) is 14.5. The number of anilines is 1. The number of benzene rings is 1. The number of nitrogens with zero attached hydrogens (tertiary/aromatic N) is 2. The van der Waals surface area contributed by atoms with E-state index in [1.54, 1.807) is 24.5 Å². The number of aromatic nitrogens is 1. The zero-order valence-electron chi connectivity index (χ0n) is 14.5. The molecule has 1 aliphatic rings. The SMILES string of the molecule is CCNC(=NCc1ccc2c(c1)OCO2)NCC(=O)Nc1cccnc1. The van der Waals surface area contributed by atoms with Crippen molar-refractivity contribution in [3.63, 3.8) is 0 Å². The van der Waals surface area contributed by atoms with Gasteiger partial charge in [-0.2, -0.15) is 0 Å². The number of carbonyl (C=O) groups is 1. The molecular formula is C18H21N5O3. The molecule has 0 radical (unpaired) electrons. The van der Waals surface area contributed by atoms with Gasteiger partial charge in [0.2, 0.25) is 12.7 Å². The lowest BCUT2D eigenvalue weighted by Gasteiger charge is -2.11. The highest BCUT2D eigenvalue weighted by molar-refractivity contribution is 5.94. The molecular weight excluding hydrogens is 334 g/mol. The van der Waals surface area contributed by atoms with E-state index in [0.717, 1.165) is 17.1 Å². The second kappa shape index (κ2) is 8.70. The highest BCUT2D eigenvalue weighted by Crippen LogP contribution is 2.32. The van der Waals surface area contributed by atoms with Crippen LogP contribution in [0.15, 0.2) is 47.7 Å². The van der Waals surface area contributed by atoms with E-state index in [9.17, 15) is 4.79 Å². The summed E-state index contributed by atoms with van der Waals surface area (Å²) >= 11 is 0. The smallest absolute Gasteiger partial charge is 0.243 e. The first-order chi connectivity index (χ1) is 12.7. The first-order valence-electron chi connectivity index (χ1n) is 8.35. The van der Waals surface area contributed by atoms with Gasteiger partial charge in [-0.1, -0.05) is 6.07 Å². The lowest BCUT2D eigenvalue weighted by Crippen LogP contribution is -2.41. The number of fused-ring (bicyclic) bond motifs is 1. The summed E-state index contributed by atoms with van der Waals surface area (Å²) in [4.78, 5) is 20.5. The van der Waals surface area contributed by atoms with E-state index in [-0.39, 0.29) is 19.2 Å². The van der Waals surface area contributed by atoms with Crippen LogP contribution in [0, 0.1) is 0 Å². The van der Waals surface area contributed by atoms with Crippen molar-refractivity contribution >= 4 is 17.6 Å². The molecule has 0 atom stereocenters. The number of nitrogens with one attached hydrogen (secondary N) is 3. The molecule has 0 saturated heterocycles. The topological polar surface area (TPSA) is 96.9 Å². The number of rotatable bonds is 6. The van der Waals surface area contributed by atoms with Gasteiger partial charge in [0.15, 0.2) is 17.5 Å². The second-order valence-corrected chi connectivity index (χ2v) is 5.53. The first kappa shape index (κ1) is 17.5. The van der Waals surface area contributed by atoms with E-state index < -0.39 is 0 Å². The van der Waals surface area contributed by atoms with Crippen molar-refractivity contribution in [3.8, 4) is 11.5 Å². The molecule has 2 aromatic rings. The molecule has 136 valence electrons. The molecule has 0 aliphatic carbocycles. The van der Waals surface area contributed by atoms with Crippen LogP contribution in [0.1, 0.15) is 12.5 Å². The molecule has 1 aromatic carbocycles. The Kier molecular flexibility index (Phi) is 5.87. The molecule has 26 heavy (non-hydrogen) atoms. The molecule has 2 heterocycles. The van der Waals surface area contributed by atoms with E-state index in [4.69, 9.17) is 9.47 Å². The number of amides is 1. The van der Waals surface area contributed by atoms with Crippen LogP contribution in [0.5, 0.6) is 11.5 Å². The van der Waals surface area contributed by atoms with Crippen molar-refractivity contribution in [1.82, 2.24) is 15.6 Å². The Hall–Kier alpha value is -3.29. The molecule has 0 fully saturated rings. The summed E-state index contributed by atoms with van der Waals surface area (Å²) in [5.41, 5.74) is 1.65.